The van der Waals surface area contributed by atoms with Gasteiger partial charge in [0.2, 0.25) is 0 Å². The Labute approximate surface area is 121 Å². The molecule has 0 saturated carbocycles. The third-order valence-corrected chi connectivity index (χ3v) is 3.15. The van der Waals surface area contributed by atoms with Crippen molar-refractivity contribution in [3.8, 4) is 0 Å². The number of nitrogens with two attached hydrogens (primary N) is 1. The Balaban J connectivity index is 2.08. The monoisotopic (exact) mass is 293 g/mol. The standard InChI is InChI=1S/C15H13ClFNO2/c1-9-2-3-10(13(16)6-9)8-20-15(19)12-5-4-11(17)7-14(12)18/h2-7H,8,18H2,1H3. The molecule has 20 heavy (non-hydrogen) atoms. The summed E-state index contributed by atoms with van der Waals surface area (Å²) in [5.41, 5.74) is 7.48. The lowest BCUT2D eigenvalue weighted by Crippen LogP contribution is -2.08. The van der Waals surface area contributed by atoms with Crippen molar-refractivity contribution in [1.82, 2.24) is 0 Å². The minimum Gasteiger partial charge on any atom is -0.457 e. The number of esters is 1. The molecule has 0 radical (unpaired) electrons. The smallest absolute Gasteiger partial charge is 0.340 e. The van der Waals surface area contributed by atoms with Crippen LogP contribution >= 0.6 is 11.6 Å². The highest BCUT2D eigenvalue weighted by Gasteiger charge is 2.12. The van der Waals surface area contributed by atoms with E-state index >= 15 is 0 Å². The summed E-state index contributed by atoms with van der Waals surface area (Å²) in [6.45, 7) is 1.95. The van der Waals surface area contributed by atoms with Gasteiger partial charge in [-0.1, -0.05) is 23.7 Å². The molecule has 5 heteroatoms. The van der Waals surface area contributed by atoms with Gasteiger partial charge < -0.3 is 10.5 Å². The van der Waals surface area contributed by atoms with Crippen LogP contribution in [0, 0.1) is 12.7 Å². The second-order valence-electron chi connectivity index (χ2n) is 4.40. The van der Waals surface area contributed by atoms with Crippen LogP contribution in [0.5, 0.6) is 0 Å². The summed E-state index contributed by atoms with van der Waals surface area (Å²) in [4.78, 5) is 11.9. The maximum Gasteiger partial charge on any atom is 0.340 e. The summed E-state index contributed by atoms with van der Waals surface area (Å²) in [5.74, 6) is -1.11. The predicted molar refractivity (Wildman–Crippen MR) is 76.1 cm³/mol. The van der Waals surface area contributed by atoms with Gasteiger partial charge in [0.15, 0.2) is 0 Å². The molecule has 2 aromatic rings. The summed E-state index contributed by atoms with van der Waals surface area (Å²) in [6.07, 6.45) is 0. The Morgan fingerprint density at radius 1 is 1.30 bits per heavy atom. The minimum absolute atomic E-state index is 0.0365. The van der Waals surface area contributed by atoms with E-state index in [0.717, 1.165) is 17.7 Å². The van der Waals surface area contributed by atoms with E-state index < -0.39 is 11.8 Å². The van der Waals surface area contributed by atoms with Gasteiger partial charge in [-0.15, -0.1) is 0 Å². The molecule has 0 aliphatic carbocycles. The highest BCUT2D eigenvalue weighted by atomic mass is 35.5. The van der Waals surface area contributed by atoms with Gasteiger partial charge >= 0.3 is 5.97 Å². The molecule has 0 bridgehead atoms. The molecule has 2 aromatic carbocycles. The normalized spacial score (nSPS) is 10.3. The Bertz CT molecular complexity index is 658. The third-order valence-electron chi connectivity index (χ3n) is 2.80. The zero-order valence-corrected chi connectivity index (χ0v) is 11.6. The van der Waals surface area contributed by atoms with Gasteiger partial charge in [-0.3, -0.25) is 0 Å². The summed E-state index contributed by atoms with van der Waals surface area (Å²) < 4.78 is 18.0. The summed E-state index contributed by atoms with van der Waals surface area (Å²) in [7, 11) is 0. The highest BCUT2D eigenvalue weighted by molar-refractivity contribution is 6.31. The Morgan fingerprint density at radius 2 is 2.05 bits per heavy atom. The maximum atomic E-state index is 12.9. The number of carbonyl (C=O) groups is 1. The van der Waals surface area contributed by atoms with Crippen LogP contribution in [0.15, 0.2) is 36.4 Å². The zero-order valence-electron chi connectivity index (χ0n) is 10.8. The van der Waals surface area contributed by atoms with E-state index in [0.29, 0.717) is 10.6 Å². The van der Waals surface area contributed by atoms with Gasteiger partial charge in [0.1, 0.15) is 12.4 Å². The number of nitrogen functional groups attached to an aromatic ring is 1. The molecule has 2 rings (SSSR count). The second-order valence-corrected chi connectivity index (χ2v) is 4.81. The first kappa shape index (κ1) is 14.3. The number of anilines is 1. The molecule has 0 saturated heterocycles. The van der Waals surface area contributed by atoms with Crippen molar-refractivity contribution in [2.75, 3.05) is 5.73 Å². The van der Waals surface area contributed by atoms with Gasteiger partial charge in [0.25, 0.3) is 0 Å². The molecule has 0 aromatic heterocycles. The lowest BCUT2D eigenvalue weighted by atomic mass is 10.1. The largest absolute Gasteiger partial charge is 0.457 e. The van der Waals surface area contributed by atoms with Crippen LogP contribution < -0.4 is 5.73 Å². The quantitative estimate of drug-likeness (QED) is 0.693. The van der Waals surface area contributed by atoms with Gasteiger partial charge in [0, 0.05) is 16.3 Å². The summed E-state index contributed by atoms with van der Waals surface area (Å²) >= 11 is 6.05. The second kappa shape index (κ2) is 5.92. The lowest BCUT2D eigenvalue weighted by molar-refractivity contribution is 0.0474. The number of hydrogen-bond donors (Lipinski definition) is 1. The number of hydrogen-bond acceptors (Lipinski definition) is 3. The van der Waals surface area contributed by atoms with E-state index in [1.807, 2.05) is 13.0 Å². The first-order valence-corrected chi connectivity index (χ1v) is 6.32. The Kier molecular flexibility index (Phi) is 4.25. The number of rotatable bonds is 3. The van der Waals surface area contributed by atoms with E-state index in [9.17, 15) is 9.18 Å². The lowest BCUT2D eigenvalue weighted by Gasteiger charge is -2.08. The highest BCUT2D eigenvalue weighted by Crippen LogP contribution is 2.20. The van der Waals surface area contributed by atoms with Crippen molar-refractivity contribution in [2.24, 2.45) is 0 Å². The molecule has 0 aliphatic heterocycles. The molecule has 0 spiro atoms. The van der Waals surface area contributed by atoms with Crippen LogP contribution in [0.25, 0.3) is 0 Å². The SMILES string of the molecule is Cc1ccc(COC(=O)c2ccc(F)cc2N)c(Cl)c1. The number of benzene rings is 2. The van der Waals surface area contributed by atoms with E-state index in [-0.39, 0.29) is 17.9 Å². The van der Waals surface area contributed by atoms with Crippen molar-refractivity contribution in [3.05, 3.63) is 63.9 Å². The van der Waals surface area contributed by atoms with Crippen molar-refractivity contribution < 1.29 is 13.9 Å². The first-order valence-electron chi connectivity index (χ1n) is 5.94. The van der Waals surface area contributed by atoms with Gasteiger partial charge in [0.05, 0.1) is 5.56 Å². The summed E-state index contributed by atoms with van der Waals surface area (Å²) in [5, 5.41) is 0.532. The van der Waals surface area contributed by atoms with Gasteiger partial charge in [-0.25, -0.2) is 9.18 Å². The average Bonchev–Trinajstić information content (AvgIpc) is 2.37. The van der Waals surface area contributed by atoms with Crippen molar-refractivity contribution in [1.29, 1.82) is 0 Å². The zero-order chi connectivity index (χ0) is 14.7. The van der Waals surface area contributed by atoms with Crippen LogP contribution in [0.4, 0.5) is 10.1 Å². The molecule has 0 fully saturated rings. The van der Waals surface area contributed by atoms with Crippen LogP contribution in [0.1, 0.15) is 21.5 Å². The molecule has 0 atom stereocenters. The molecular formula is C15H13ClFNO2. The first-order chi connectivity index (χ1) is 9.47. The fourth-order valence-corrected chi connectivity index (χ4v) is 2.00. The van der Waals surface area contributed by atoms with Crippen LogP contribution in [-0.2, 0) is 11.3 Å². The number of aryl methyl sites for hydroxylation is 1. The van der Waals surface area contributed by atoms with Gasteiger partial charge in [-0.2, -0.15) is 0 Å². The molecule has 3 nitrogen and oxygen atoms in total. The van der Waals surface area contributed by atoms with E-state index in [4.69, 9.17) is 22.1 Å². The third kappa shape index (κ3) is 3.27. The minimum atomic E-state index is -0.612. The predicted octanol–water partition coefficient (Wildman–Crippen LogP) is 3.73. The Morgan fingerprint density at radius 3 is 2.70 bits per heavy atom. The number of carbonyl (C=O) groups excluding carboxylic acids is 1. The maximum absolute atomic E-state index is 12.9. The molecular weight excluding hydrogens is 281 g/mol. The van der Waals surface area contributed by atoms with E-state index in [2.05, 4.69) is 0 Å². The fourth-order valence-electron chi connectivity index (χ4n) is 1.71. The van der Waals surface area contributed by atoms with Crippen molar-refractivity contribution >= 4 is 23.3 Å². The van der Waals surface area contributed by atoms with E-state index in [1.165, 1.54) is 6.07 Å². The number of halogens is 2. The molecule has 104 valence electrons. The molecule has 2 N–H and O–H groups in total. The van der Waals surface area contributed by atoms with Gasteiger partial charge in [-0.05, 0) is 36.8 Å². The topological polar surface area (TPSA) is 52.3 Å². The molecule has 0 amide bonds. The average molecular weight is 294 g/mol. The van der Waals surface area contributed by atoms with Crippen LogP contribution in [0.3, 0.4) is 0 Å². The van der Waals surface area contributed by atoms with Crippen LogP contribution in [0.2, 0.25) is 5.02 Å². The van der Waals surface area contributed by atoms with Crippen molar-refractivity contribution in [2.45, 2.75) is 13.5 Å². The van der Waals surface area contributed by atoms with Crippen LogP contribution in [-0.4, -0.2) is 5.97 Å². The van der Waals surface area contributed by atoms with Crippen molar-refractivity contribution in [3.63, 3.8) is 0 Å². The number of ether oxygens (including phenoxy) is 1. The Hall–Kier alpha value is -2.07. The fraction of sp³-hybridized carbons (Fsp3) is 0.133. The van der Waals surface area contributed by atoms with E-state index in [1.54, 1.807) is 12.1 Å². The molecule has 0 aliphatic rings. The molecule has 0 unspecified atom stereocenters. The molecule has 0 heterocycles. The summed E-state index contributed by atoms with van der Waals surface area (Å²) in [6, 6.07) is 8.99.